The number of hydrogen-bond donors (Lipinski definition) is 3. The molecule has 2 aromatic heterocycles. The molecule has 1 aliphatic rings. The molecule has 0 saturated carbocycles. The van der Waals surface area contributed by atoms with Gasteiger partial charge in [0, 0.05) is 41.0 Å². The van der Waals surface area contributed by atoms with Crippen molar-refractivity contribution in [2.75, 3.05) is 5.32 Å². The number of nitrogens with zero attached hydrogens (tertiary/aromatic N) is 3. The predicted molar refractivity (Wildman–Crippen MR) is 148 cm³/mol. The number of nitrogens with one attached hydrogen (secondary N) is 3. The van der Waals surface area contributed by atoms with Gasteiger partial charge in [0.2, 0.25) is 11.8 Å². The zero-order chi connectivity index (χ0) is 25.6. The van der Waals surface area contributed by atoms with Crippen LogP contribution < -0.4 is 16.0 Å². The third-order valence-corrected chi connectivity index (χ3v) is 7.00. The van der Waals surface area contributed by atoms with E-state index in [-0.39, 0.29) is 43.0 Å². The molecule has 196 valence electrons. The smallest absolute Gasteiger partial charge is 0.251 e. The Labute approximate surface area is 230 Å². The van der Waals surface area contributed by atoms with Gasteiger partial charge >= 0.3 is 0 Å². The third kappa shape index (κ3) is 6.91. The van der Waals surface area contributed by atoms with Gasteiger partial charge in [-0.1, -0.05) is 47.7 Å². The van der Waals surface area contributed by atoms with E-state index in [0.717, 1.165) is 34.8 Å². The van der Waals surface area contributed by atoms with Crippen molar-refractivity contribution in [3.63, 3.8) is 0 Å². The average Bonchev–Trinajstić information content (AvgIpc) is 3.56. The van der Waals surface area contributed by atoms with E-state index >= 15 is 0 Å². The first-order valence-corrected chi connectivity index (χ1v) is 12.9. The van der Waals surface area contributed by atoms with Crippen molar-refractivity contribution >= 4 is 47.2 Å². The Bertz CT molecular complexity index is 1400. The monoisotopic (exact) mass is 550 g/mol. The number of carbonyl (C=O) groups is 3. The van der Waals surface area contributed by atoms with Crippen LogP contribution in [0.1, 0.15) is 34.9 Å². The van der Waals surface area contributed by atoms with Gasteiger partial charge in [0.25, 0.3) is 5.91 Å². The molecule has 1 unspecified atom stereocenters. The summed E-state index contributed by atoms with van der Waals surface area (Å²) in [4.78, 5) is 36.9. The zero-order valence-electron chi connectivity index (χ0n) is 20.4. The summed E-state index contributed by atoms with van der Waals surface area (Å²) in [5.74, 6) is -0.739. The summed E-state index contributed by atoms with van der Waals surface area (Å²) in [5.41, 5.74) is 4.58. The van der Waals surface area contributed by atoms with Crippen LogP contribution in [0.15, 0.2) is 72.2 Å². The van der Waals surface area contributed by atoms with E-state index in [1.54, 1.807) is 6.20 Å². The predicted octanol–water partition coefficient (Wildman–Crippen LogP) is 3.88. The molecule has 1 atom stereocenters. The quantitative estimate of drug-likeness (QED) is 0.272. The number of thiophene rings is 1. The lowest BCUT2D eigenvalue weighted by Gasteiger charge is -2.20. The normalized spacial score (nSPS) is 15.0. The summed E-state index contributed by atoms with van der Waals surface area (Å²) in [7, 11) is 0. The lowest BCUT2D eigenvalue weighted by Crippen LogP contribution is -2.41. The summed E-state index contributed by atoms with van der Waals surface area (Å²) < 4.78 is 1.49. The highest BCUT2D eigenvalue weighted by Gasteiger charge is 2.29. The number of benzene rings is 2. The molecule has 1 saturated heterocycles. The first-order valence-electron chi connectivity index (χ1n) is 12.0. The first kappa shape index (κ1) is 27.2. The molecule has 5 rings (SSSR count). The number of anilines is 1. The first-order chi connectivity index (χ1) is 18.0. The van der Waals surface area contributed by atoms with E-state index in [9.17, 15) is 14.4 Å². The Kier molecular flexibility index (Phi) is 9.01. The minimum atomic E-state index is -0.547. The van der Waals surface area contributed by atoms with Crippen molar-refractivity contribution < 1.29 is 14.4 Å². The molecule has 0 spiro atoms. The second-order valence-corrected chi connectivity index (χ2v) is 9.86. The second kappa shape index (κ2) is 12.6. The summed E-state index contributed by atoms with van der Waals surface area (Å²) in [6.07, 6.45) is 2.61. The zero-order valence-corrected chi connectivity index (χ0v) is 22.1. The van der Waals surface area contributed by atoms with Crippen LogP contribution in [-0.2, 0) is 33.9 Å². The summed E-state index contributed by atoms with van der Waals surface area (Å²) in [6, 6.07) is 19.4. The number of rotatable bonds is 9. The minimum absolute atomic E-state index is 0. The Balaban J connectivity index is 0.00000336. The lowest BCUT2D eigenvalue weighted by molar-refractivity contribution is -0.136. The third-order valence-electron chi connectivity index (χ3n) is 6.06. The molecule has 3 heterocycles. The molecular formula is C27H27ClN6O3S. The summed E-state index contributed by atoms with van der Waals surface area (Å²) in [5, 5.41) is 18.9. The van der Waals surface area contributed by atoms with Gasteiger partial charge in [-0.05, 0) is 35.7 Å². The molecule has 0 bridgehead atoms. The second-order valence-electron chi connectivity index (χ2n) is 8.86. The fourth-order valence-electron chi connectivity index (χ4n) is 4.12. The number of piperidine rings is 1. The molecule has 2 aromatic carbocycles. The highest BCUT2D eigenvalue weighted by atomic mass is 35.5. The average molecular weight is 551 g/mol. The van der Waals surface area contributed by atoms with Gasteiger partial charge in [0.15, 0.2) is 0 Å². The van der Waals surface area contributed by atoms with Crippen molar-refractivity contribution in [2.45, 2.75) is 38.4 Å². The topological polar surface area (TPSA) is 118 Å². The molecule has 4 aromatic rings. The van der Waals surface area contributed by atoms with E-state index in [1.165, 1.54) is 21.6 Å². The van der Waals surface area contributed by atoms with Crippen LogP contribution in [0.25, 0.3) is 11.3 Å². The maximum Gasteiger partial charge on any atom is 0.251 e. The van der Waals surface area contributed by atoms with Crippen LogP contribution in [-0.4, -0.2) is 32.7 Å². The SMILES string of the molecule is Cl.O=C1CCC(n2cc(-c3csc(CC(=O)Nc4ccc(CNCc5ccccc5)cc4)c3)nn2)C(=O)N1. The maximum atomic E-state index is 12.6. The van der Waals surface area contributed by atoms with E-state index in [2.05, 4.69) is 38.4 Å². The van der Waals surface area contributed by atoms with Crippen molar-refractivity contribution in [1.29, 1.82) is 0 Å². The summed E-state index contributed by atoms with van der Waals surface area (Å²) in [6.45, 7) is 1.55. The highest BCUT2D eigenvalue weighted by Crippen LogP contribution is 2.26. The van der Waals surface area contributed by atoms with Crippen LogP contribution in [0, 0.1) is 0 Å². The van der Waals surface area contributed by atoms with E-state index in [1.807, 2.05) is 53.9 Å². The van der Waals surface area contributed by atoms with Crippen LogP contribution in [0.5, 0.6) is 0 Å². The minimum Gasteiger partial charge on any atom is -0.326 e. The van der Waals surface area contributed by atoms with Crippen molar-refractivity contribution in [3.8, 4) is 11.3 Å². The highest BCUT2D eigenvalue weighted by molar-refractivity contribution is 7.10. The van der Waals surface area contributed by atoms with Gasteiger partial charge in [-0.2, -0.15) is 0 Å². The molecule has 0 aliphatic carbocycles. The van der Waals surface area contributed by atoms with E-state index in [4.69, 9.17) is 0 Å². The van der Waals surface area contributed by atoms with Gasteiger partial charge in [-0.25, -0.2) is 4.68 Å². The number of aromatic nitrogens is 3. The fourth-order valence-corrected chi connectivity index (χ4v) is 5.00. The molecule has 38 heavy (non-hydrogen) atoms. The Morgan fingerprint density at radius 3 is 2.53 bits per heavy atom. The number of imide groups is 1. The van der Waals surface area contributed by atoms with Crippen molar-refractivity contribution in [3.05, 3.63) is 88.2 Å². The van der Waals surface area contributed by atoms with Crippen molar-refractivity contribution in [1.82, 2.24) is 25.6 Å². The molecule has 1 aliphatic heterocycles. The van der Waals surface area contributed by atoms with Gasteiger partial charge < -0.3 is 10.6 Å². The van der Waals surface area contributed by atoms with Crippen LogP contribution in [0.4, 0.5) is 5.69 Å². The van der Waals surface area contributed by atoms with Crippen molar-refractivity contribution in [2.24, 2.45) is 0 Å². The fraction of sp³-hybridized carbons (Fsp3) is 0.222. The molecular weight excluding hydrogens is 524 g/mol. The van der Waals surface area contributed by atoms with Crippen LogP contribution >= 0.6 is 23.7 Å². The maximum absolute atomic E-state index is 12.6. The number of carbonyl (C=O) groups excluding carboxylic acids is 3. The van der Waals surface area contributed by atoms with Crippen LogP contribution in [0.2, 0.25) is 0 Å². The molecule has 0 radical (unpaired) electrons. The lowest BCUT2D eigenvalue weighted by atomic mass is 10.1. The van der Waals surface area contributed by atoms with Gasteiger partial charge in [-0.3, -0.25) is 19.7 Å². The van der Waals surface area contributed by atoms with Gasteiger partial charge in [0.1, 0.15) is 11.7 Å². The summed E-state index contributed by atoms with van der Waals surface area (Å²) >= 11 is 1.47. The molecule has 3 N–H and O–H groups in total. The molecule has 11 heteroatoms. The van der Waals surface area contributed by atoms with E-state index < -0.39 is 6.04 Å². The van der Waals surface area contributed by atoms with Crippen LogP contribution in [0.3, 0.4) is 0 Å². The standard InChI is InChI=1S/C27H26N6O3S.ClH/c34-25-11-10-24(27(36)30-25)33-16-23(31-32-33)20-12-22(37-17-20)13-26(35)29-21-8-6-19(7-9-21)15-28-14-18-4-2-1-3-5-18;/h1-9,12,16-17,24,28H,10-11,13-15H2,(H,29,35)(H,30,34,36);1H. The Morgan fingerprint density at radius 1 is 1.05 bits per heavy atom. The van der Waals surface area contributed by atoms with Gasteiger partial charge in [0.05, 0.1) is 12.6 Å². The molecule has 1 fully saturated rings. The number of hydrogen-bond acceptors (Lipinski definition) is 7. The Morgan fingerprint density at radius 2 is 1.79 bits per heavy atom. The number of halogens is 1. The Hall–Kier alpha value is -3.86. The largest absolute Gasteiger partial charge is 0.326 e. The van der Waals surface area contributed by atoms with E-state index in [0.29, 0.717) is 12.1 Å². The molecule has 9 nitrogen and oxygen atoms in total. The molecule has 3 amide bonds. The van der Waals surface area contributed by atoms with Gasteiger partial charge in [-0.15, -0.1) is 28.8 Å². The number of amides is 3.